The summed E-state index contributed by atoms with van der Waals surface area (Å²) in [5.41, 5.74) is 2.82. The molecule has 47 heavy (non-hydrogen) atoms. The van der Waals surface area contributed by atoms with E-state index >= 15 is 0 Å². The van der Waals surface area contributed by atoms with Crippen molar-refractivity contribution in [3.63, 3.8) is 0 Å². The molecule has 0 radical (unpaired) electrons. The first-order valence-electron chi connectivity index (χ1n) is 15.9. The zero-order valence-electron chi connectivity index (χ0n) is 25.9. The van der Waals surface area contributed by atoms with Gasteiger partial charge in [-0.2, -0.15) is 0 Å². The van der Waals surface area contributed by atoms with Crippen LogP contribution >= 0.6 is 15.8 Å². The smallest absolute Gasteiger partial charge is 0.0561 e. The zero-order valence-corrected chi connectivity index (χ0v) is 29.5. The van der Waals surface area contributed by atoms with Gasteiger partial charge in [-0.25, -0.2) is 0 Å². The SMILES string of the molecule is C1=c2ccccc2=C(c2cccc3ccccc23)C(P(c2ccccc2)c2ccccc2)(P(c2ccccc2)c2ccccc2)C1.[Ru]. The van der Waals surface area contributed by atoms with E-state index in [0.29, 0.717) is 0 Å². The van der Waals surface area contributed by atoms with Gasteiger partial charge >= 0.3 is 0 Å². The Morgan fingerprint density at radius 3 is 1.36 bits per heavy atom. The molecule has 0 atom stereocenters. The summed E-state index contributed by atoms with van der Waals surface area (Å²) >= 11 is 0. The van der Waals surface area contributed by atoms with Gasteiger partial charge in [0.2, 0.25) is 0 Å². The van der Waals surface area contributed by atoms with Crippen molar-refractivity contribution >= 4 is 59.5 Å². The van der Waals surface area contributed by atoms with Crippen molar-refractivity contribution in [2.45, 2.75) is 11.3 Å². The first-order valence-corrected chi connectivity index (χ1v) is 18.6. The topological polar surface area (TPSA) is 0 Å². The first-order chi connectivity index (χ1) is 22.8. The van der Waals surface area contributed by atoms with Crippen molar-refractivity contribution in [2.24, 2.45) is 0 Å². The molecule has 1 aliphatic carbocycles. The van der Waals surface area contributed by atoms with Gasteiger partial charge in [-0.3, -0.25) is 0 Å². The molecule has 0 bridgehead atoms. The monoisotopic (exact) mass is 726 g/mol. The molecule has 7 aromatic carbocycles. The molecular weight excluding hydrogens is 692 g/mol. The summed E-state index contributed by atoms with van der Waals surface area (Å²) in [6.07, 6.45) is 3.49. The van der Waals surface area contributed by atoms with E-state index in [1.165, 1.54) is 53.6 Å². The molecule has 0 unspecified atom stereocenters. The molecule has 228 valence electrons. The molecule has 0 amide bonds. The summed E-state index contributed by atoms with van der Waals surface area (Å²) in [7, 11) is -1.84. The fourth-order valence-corrected chi connectivity index (χ4v) is 15.1. The van der Waals surface area contributed by atoms with Gasteiger partial charge in [-0.1, -0.05) is 194 Å². The van der Waals surface area contributed by atoms with Crippen molar-refractivity contribution in [3.8, 4) is 0 Å². The molecule has 3 heteroatoms. The van der Waals surface area contributed by atoms with Gasteiger partial charge in [-0.05, 0) is 75.8 Å². The van der Waals surface area contributed by atoms with Crippen molar-refractivity contribution in [1.82, 2.24) is 0 Å². The largest absolute Gasteiger partial charge is 0.0750 e. The maximum absolute atomic E-state index is 2.55. The summed E-state index contributed by atoms with van der Waals surface area (Å²) in [5, 5.41) is 10.9. The normalized spacial score (nSPS) is 13.5. The van der Waals surface area contributed by atoms with E-state index in [0.717, 1.165) is 6.42 Å². The van der Waals surface area contributed by atoms with Crippen LogP contribution in [0.1, 0.15) is 12.0 Å². The number of rotatable bonds is 7. The minimum atomic E-state index is -0.922. The predicted molar refractivity (Wildman–Crippen MR) is 202 cm³/mol. The van der Waals surface area contributed by atoms with Crippen LogP contribution in [0, 0.1) is 0 Å². The van der Waals surface area contributed by atoms with Gasteiger partial charge in [0.1, 0.15) is 0 Å². The van der Waals surface area contributed by atoms with Crippen molar-refractivity contribution in [2.75, 3.05) is 0 Å². The fraction of sp³-hybridized carbons (Fsp3) is 0.0455. The number of benzene rings is 7. The summed E-state index contributed by atoms with van der Waals surface area (Å²) in [6.45, 7) is 0. The first kappa shape index (κ1) is 31.6. The predicted octanol–water partition coefficient (Wildman–Crippen LogP) is 8.18. The molecule has 0 heterocycles. The third-order valence-corrected chi connectivity index (χ3v) is 15.8. The van der Waals surface area contributed by atoms with Crippen molar-refractivity contribution in [1.29, 1.82) is 0 Å². The van der Waals surface area contributed by atoms with Crippen LogP contribution in [0.2, 0.25) is 0 Å². The average molecular weight is 726 g/mol. The summed E-state index contributed by atoms with van der Waals surface area (Å²) < 4.78 is 0. The number of fused-ring (bicyclic) bond motifs is 2. The molecule has 0 aliphatic heterocycles. The molecule has 0 saturated carbocycles. The molecule has 8 rings (SSSR count). The molecule has 0 aromatic heterocycles. The second-order valence-corrected chi connectivity index (χ2v) is 17.0. The number of hydrogen-bond acceptors (Lipinski definition) is 0. The fourth-order valence-electron chi connectivity index (χ4n) is 7.24. The third kappa shape index (κ3) is 5.77. The van der Waals surface area contributed by atoms with E-state index in [1.807, 2.05) is 0 Å². The Labute approximate surface area is 292 Å². The van der Waals surface area contributed by atoms with Gasteiger partial charge in [0.15, 0.2) is 0 Å². The Morgan fingerprint density at radius 1 is 0.404 bits per heavy atom. The Bertz CT molecular complexity index is 2070. The van der Waals surface area contributed by atoms with E-state index in [-0.39, 0.29) is 24.4 Å². The van der Waals surface area contributed by atoms with Crippen molar-refractivity contribution < 1.29 is 19.5 Å². The van der Waals surface area contributed by atoms with Crippen LogP contribution in [-0.4, -0.2) is 4.90 Å². The van der Waals surface area contributed by atoms with Crippen LogP contribution in [0.4, 0.5) is 0 Å². The number of hydrogen-bond donors (Lipinski definition) is 0. The quantitative estimate of drug-likeness (QED) is 0.115. The Morgan fingerprint density at radius 2 is 0.830 bits per heavy atom. The maximum atomic E-state index is 2.55. The van der Waals surface area contributed by atoms with Gasteiger partial charge in [0.05, 0.1) is 4.90 Å². The third-order valence-electron chi connectivity index (χ3n) is 9.09. The van der Waals surface area contributed by atoms with E-state index in [9.17, 15) is 0 Å². The van der Waals surface area contributed by atoms with Crippen molar-refractivity contribution in [3.05, 3.63) is 204 Å². The van der Waals surface area contributed by atoms with Crippen LogP contribution in [0.3, 0.4) is 0 Å². The average Bonchev–Trinajstić information content (AvgIpc) is 3.13. The molecule has 0 saturated heterocycles. The van der Waals surface area contributed by atoms with Crippen LogP contribution < -0.4 is 31.7 Å². The Kier molecular flexibility index (Phi) is 9.43. The van der Waals surface area contributed by atoms with E-state index in [1.54, 1.807) is 0 Å². The Balaban J connectivity index is 0.00000351. The van der Waals surface area contributed by atoms with Crippen LogP contribution in [0.15, 0.2) is 188 Å². The van der Waals surface area contributed by atoms with Crippen LogP contribution in [0.5, 0.6) is 0 Å². The second kappa shape index (κ2) is 14.0. The molecule has 0 nitrogen and oxygen atoms in total. The van der Waals surface area contributed by atoms with Gasteiger partial charge < -0.3 is 0 Å². The van der Waals surface area contributed by atoms with Gasteiger partial charge in [0, 0.05) is 19.5 Å². The van der Waals surface area contributed by atoms with Crippen LogP contribution in [-0.2, 0) is 19.5 Å². The maximum Gasteiger partial charge on any atom is 0.0561 e. The van der Waals surface area contributed by atoms with Gasteiger partial charge in [0.25, 0.3) is 0 Å². The molecule has 0 fully saturated rings. The molecule has 1 aliphatic rings. The molecule has 0 spiro atoms. The molecular formula is C44H34P2Ru. The minimum Gasteiger partial charge on any atom is -0.0750 e. The van der Waals surface area contributed by atoms with E-state index < -0.39 is 15.8 Å². The molecule has 7 aromatic rings. The van der Waals surface area contributed by atoms with E-state index in [2.05, 4.69) is 194 Å². The zero-order chi connectivity index (χ0) is 30.8. The second-order valence-electron chi connectivity index (χ2n) is 11.7. The Hall–Kier alpha value is -3.98. The summed E-state index contributed by atoms with van der Waals surface area (Å²) in [5.74, 6) is 0. The van der Waals surface area contributed by atoms with E-state index in [4.69, 9.17) is 0 Å². The summed E-state index contributed by atoms with van der Waals surface area (Å²) in [6, 6.07) is 70.5. The molecule has 0 N–H and O–H groups in total. The standard InChI is InChI=1S/C44H34P2.Ru/c1-5-21-36(22-6-1)45(37-23-7-2-8-24-37)44(46(38-25-9-3-10-26-38)39-27-11-4-12-28-39)33-32-35-19-14-16-30-41(35)43(44)42-31-17-20-34-18-13-15-29-40(34)42;/h1-32H,33H2;. The minimum absolute atomic E-state index is 0. The van der Waals surface area contributed by atoms with Crippen LogP contribution in [0.25, 0.3) is 22.4 Å². The van der Waals surface area contributed by atoms with Gasteiger partial charge in [-0.15, -0.1) is 0 Å². The summed E-state index contributed by atoms with van der Waals surface area (Å²) in [4.78, 5) is -0.269.